The van der Waals surface area contributed by atoms with Crippen molar-refractivity contribution in [1.82, 2.24) is 4.98 Å². The first-order valence-corrected chi connectivity index (χ1v) is 9.70. The summed E-state index contributed by atoms with van der Waals surface area (Å²) in [4.78, 5) is 4.49. The zero-order valence-corrected chi connectivity index (χ0v) is 16.4. The summed E-state index contributed by atoms with van der Waals surface area (Å²) in [6.07, 6.45) is -1.14. The van der Waals surface area contributed by atoms with Gasteiger partial charge in [0.1, 0.15) is 17.7 Å². The standard InChI is InChI=1S/C21H21F4NO4/c1-3-27-20-18(30-20)16-8-13(12-5-4-11(22)7-15(12)23)14-6-10(2)17(9-28-21(24)25)29-19(14)26-16/h4-5,7-8,10,17-18,20-21H,3,6,9H2,1-2H3. The van der Waals surface area contributed by atoms with Crippen LogP contribution in [0.1, 0.15) is 31.2 Å². The van der Waals surface area contributed by atoms with Gasteiger partial charge in [0.15, 0.2) is 12.4 Å². The van der Waals surface area contributed by atoms with Crippen LogP contribution >= 0.6 is 0 Å². The Morgan fingerprint density at radius 1 is 1.20 bits per heavy atom. The van der Waals surface area contributed by atoms with E-state index in [1.807, 2.05) is 13.8 Å². The van der Waals surface area contributed by atoms with Crippen molar-refractivity contribution in [3.63, 3.8) is 0 Å². The Hall–Kier alpha value is -2.23. The van der Waals surface area contributed by atoms with Crippen LogP contribution in [-0.4, -0.2) is 37.2 Å². The first kappa shape index (κ1) is 21.0. The molecule has 0 spiro atoms. The Morgan fingerprint density at radius 2 is 2.00 bits per heavy atom. The van der Waals surface area contributed by atoms with Crippen molar-refractivity contribution < 1.29 is 36.5 Å². The van der Waals surface area contributed by atoms with Gasteiger partial charge in [-0.05, 0) is 43.0 Å². The predicted molar refractivity (Wildman–Crippen MR) is 98.1 cm³/mol. The number of aromatic nitrogens is 1. The zero-order chi connectivity index (χ0) is 21.4. The number of rotatable bonds is 7. The van der Waals surface area contributed by atoms with E-state index >= 15 is 0 Å². The number of fused-ring (bicyclic) bond motifs is 1. The van der Waals surface area contributed by atoms with Crippen LogP contribution in [0.25, 0.3) is 11.1 Å². The van der Waals surface area contributed by atoms with Gasteiger partial charge in [-0.3, -0.25) is 0 Å². The van der Waals surface area contributed by atoms with E-state index in [1.165, 1.54) is 12.1 Å². The van der Waals surface area contributed by atoms with Gasteiger partial charge in [-0.25, -0.2) is 13.8 Å². The molecule has 4 rings (SSSR count). The molecule has 30 heavy (non-hydrogen) atoms. The minimum absolute atomic E-state index is 0.181. The molecule has 0 aliphatic carbocycles. The number of nitrogens with zero attached hydrogens (tertiary/aromatic N) is 1. The molecule has 0 amide bonds. The lowest BCUT2D eigenvalue weighted by Crippen LogP contribution is -2.36. The van der Waals surface area contributed by atoms with Crippen molar-refractivity contribution in [2.45, 2.75) is 45.4 Å². The van der Waals surface area contributed by atoms with Gasteiger partial charge in [0, 0.05) is 23.8 Å². The second-order valence-corrected chi connectivity index (χ2v) is 7.31. The van der Waals surface area contributed by atoms with Crippen molar-refractivity contribution in [2.75, 3.05) is 13.2 Å². The molecule has 0 N–H and O–H groups in total. The third kappa shape index (κ3) is 4.28. The molecule has 5 nitrogen and oxygen atoms in total. The fraction of sp³-hybridized carbons (Fsp3) is 0.476. The van der Waals surface area contributed by atoms with Crippen LogP contribution in [0.4, 0.5) is 17.6 Å². The fourth-order valence-electron chi connectivity index (χ4n) is 3.63. The topological polar surface area (TPSA) is 53.1 Å². The van der Waals surface area contributed by atoms with Crippen LogP contribution in [0.5, 0.6) is 5.88 Å². The van der Waals surface area contributed by atoms with Crippen molar-refractivity contribution >= 4 is 0 Å². The Balaban J connectivity index is 1.73. The molecule has 4 unspecified atom stereocenters. The molecule has 2 aromatic rings. The summed E-state index contributed by atoms with van der Waals surface area (Å²) in [5, 5.41) is 0. The van der Waals surface area contributed by atoms with Crippen molar-refractivity contribution in [2.24, 2.45) is 5.92 Å². The van der Waals surface area contributed by atoms with Crippen LogP contribution < -0.4 is 4.74 Å². The van der Waals surface area contributed by atoms with Crippen molar-refractivity contribution in [1.29, 1.82) is 0 Å². The molecular formula is C21H21F4NO4. The van der Waals surface area contributed by atoms with Crippen LogP contribution in [0.2, 0.25) is 0 Å². The smallest absolute Gasteiger partial charge is 0.345 e. The third-order valence-electron chi connectivity index (χ3n) is 5.21. The van der Waals surface area contributed by atoms with E-state index in [1.54, 1.807) is 6.07 Å². The van der Waals surface area contributed by atoms with E-state index in [4.69, 9.17) is 14.2 Å². The third-order valence-corrected chi connectivity index (χ3v) is 5.21. The van der Waals surface area contributed by atoms with E-state index in [0.29, 0.717) is 29.8 Å². The minimum atomic E-state index is -2.91. The van der Waals surface area contributed by atoms with Gasteiger partial charge in [-0.1, -0.05) is 6.92 Å². The van der Waals surface area contributed by atoms with Gasteiger partial charge in [-0.15, -0.1) is 0 Å². The second kappa shape index (κ2) is 8.49. The monoisotopic (exact) mass is 427 g/mol. The molecule has 1 aromatic heterocycles. The molecule has 2 aliphatic heterocycles. The predicted octanol–water partition coefficient (Wildman–Crippen LogP) is 4.64. The van der Waals surface area contributed by atoms with E-state index in [-0.39, 0.29) is 24.0 Å². The van der Waals surface area contributed by atoms with Gasteiger partial charge in [0.05, 0.1) is 12.3 Å². The van der Waals surface area contributed by atoms with Gasteiger partial charge in [0.2, 0.25) is 5.88 Å². The lowest BCUT2D eigenvalue weighted by molar-refractivity contribution is -0.150. The van der Waals surface area contributed by atoms with Crippen LogP contribution in [-0.2, 0) is 20.6 Å². The second-order valence-electron chi connectivity index (χ2n) is 7.31. The van der Waals surface area contributed by atoms with Crippen LogP contribution in [0.15, 0.2) is 24.3 Å². The number of pyridine rings is 1. The normalized spacial score (nSPS) is 25.2. The van der Waals surface area contributed by atoms with Crippen LogP contribution in [0.3, 0.4) is 0 Å². The van der Waals surface area contributed by atoms with E-state index in [9.17, 15) is 17.6 Å². The van der Waals surface area contributed by atoms with Gasteiger partial charge in [0.25, 0.3) is 0 Å². The summed E-state index contributed by atoms with van der Waals surface area (Å²) in [6.45, 7) is 0.905. The molecular weight excluding hydrogens is 406 g/mol. The number of alkyl halides is 2. The molecule has 1 saturated heterocycles. The highest BCUT2D eigenvalue weighted by atomic mass is 19.3. The largest absolute Gasteiger partial charge is 0.471 e. The maximum absolute atomic E-state index is 14.6. The molecule has 0 saturated carbocycles. The number of hydrogen-bond acceptors (Lipinski definition) is 5. The molecule has 0 bridgehead atoms. The van der Waals surface area contributed by atoms with Gasteiger partial charge < -0.3 is 18.9 Å². The first-order chi connectivity index (χ1) is 14.4. The van der Waals surface area contributed by atoms with E-state index in [0.717, 1.165) is 6.07 Å². The molecule has 9 heteroatoms. The van der Waals surface area contributed by atoms with Gasteiger partial charge >= 0.3 is 6.61 Å². The Morgan fingerprint density at radius 3 is 2.70 bits per heavy atom. The Bertz CT molecular complexity index is 926. The summed E-state index contributed by atoms with van der Waals surface area (Å²) < 4.78 is 74.1. The number of hydrogen-bond donors (Lipinski definition) is 0. The maximum Gasteiger partial charge on any atom is 0.345 e. The highest BCUT2D eigenvalue weighted by Crippen LogP contribution is 2.44. The fourth-order valence-corrected chi connectivity index (χ4v) is 3.63. The minimum Gasteiger partial charge on any atom is -0.471 e. The summed E-state index contributed by atoms with van der Waals surface area (Å²) in [5.74, 6) is -1.38. The average Bonchev–Trinajstić information content (AvgIpc) is 3.45. The molecule has 1 fully saturated rings. The Kier molecular flexibility index (Phi) is 5.95. The molecule has 0 radical (unpaired) electrons. The van der Waals surface area contributed by atoms with Crippen molar-refractivity contribution in [3.05, 3.63) is 47.2 Å². The maximum atomic E-state index is 14.6. The highest BCUT2D eigenvalue weighted by molar-refractivity contribution is 5.71. The Labute approximate surface area is 170 Å². The highest BCUT2D eigenvalue weighted by Gasteiger charge is 2.44. The average molecular weight is 427 g/mol. The molecule has 1 aromatic carbocycles. The SMILES string of the molecule is CCOC1OC1c1cc(-c2ccc(F)cc2F)c2c(n1)OC(COC(F)F)C(C)C2. The molecule has 2 aliphatic rings. The van der Waals surface area contributed by atoms with E-state index < -0.39 is 36.7 Å². The van der Waals surface area contributed by atoms with E-state index in [2.05, 4.69) is 9.72 Å². The summed E-state index contributed by atoms with van der Waals surface area (Å²) >= 11 is 0. The number of ether oxygens (including phenoxy) is 4. The number of epoxide rings is 1. The molecule has 162 valence electrons. The summed E-state index contributed by atoms with van der Waals surface area (Å²) in [5.41, 5.74) is 1.79. The quantitative estimate of drug-likeness (QED) is 0.476. The first-order valence-electron chi connectivity index (χ1n) is 9.70. The summed E-state index contributed by atoms with van der Waals surface area (Å²) in [7, 11) is 0. The molecule has 4 atom stereocenters. The van der Waals surface area contributed by atoms with Crippen LogP contribution in [0, 0.1) is 17.6 Å². The molecule has 3 heterocycles. The van der Waals surface area contributed by atoms with Crippen molar-refractivity contribution in [3.8, 4) is 17.0 Å². The number of halogens is 4. The lowest BCUT2D eigenvalue weighted by Gasteiger charge is -2.32. The summed E-state index contributed by atoms with van der Waals surface area (Å²) in [6, 6.07) is 5.03. The number of benzene rings is 1. The zero-order valence-electron chi connectivity index (χ0n) is 16.4. The van der Waals surface area contributed by atoms with Gasteiger partial charge in [-0.2, -0.15) is 8.78 Å². The lowest BCUT2D eigenvalue weighted by atomic mass is 9.88.